The molecule has 0 spiro atoms. The maximum Gasteiger partial charge on any atom is 0.322 e. The average Bonchev–Trinajstić information content (AvgIpc) is 2.68. The van der Waals surface area contributed by atoms with Gasteiger partial charge in [-0.3, -0.25) is 14.5 Å². The Hall–Kier alpha value is -1.87. The highest BCUT2D eigenvalue weighted by molar-refractivity contribution is 5.86. The number of nitrogens with zero attached hydrogens (tertiary/aromatic N) is 2. The fourth-order valence-corrected chi connectivity index (χ4v) is 2.04. The van der Waals surface area contributed by atoms with E-state index in [0.29, 0.717) is 26.2 Å². The van der Waals surface area contributed by atoms with Crippen LogP contribution in [0.5, 0.6) is 0 Å². The number of amides is 3. The van der Waals surface area contributed by atoms with Gasteiger partial charge in [-0.05, 0) is 13.0 Å². The first-order chi connectivity index (χ1) is 10.0. The van der Waals surface area contributed by atoms with E-state index in [2.05, 4.69) is 15.5 Å². The molecule has 0 aliphatic carbocycles. The van der Waals surface area contributed by atoms with Gasteiger partial charge < -0.3 is 25.7 Å². The molecule has 9 nitrogen and oxygen atoms in total. The number of nitrogens with one attached hydrogen (secondary N) is 2. The Morgan fingerprint density at radius 2 is 1.76 bits per heavy atom. The predicted molar refractivity (Wildman–Crippen MR) is 73.8 cm³/mol. The minimum Gasteiger partial charge on any atom is -0.480 e. The summed E-state index contributed by atoms with van der Waals surface area (Å²) in [6.07, 6.45) is 0.804. The summed E-state index contributed by atoms with van der Waals surface area (Å²) < 4.78 is 0. The van der Waals surface area contributed by atoms with Crippen molar-refractivity contribution in [1.29, 1.82) is 0 Å². The van der Waals surface area contributed by atoms with Crippen LogP contribution in [0.1, 0.15) is 6.42 Å². The summed E-state index contributed by atoms with van der Waals surface area (Å²) in [5.74, 6) is -1.67. The van der Waals surface area contributed by atoms with E-state index in [1.165, 1.54) is 0 Å². The van der Waals surface area contributed by atoms with Gasteiger partial charge in [-0.1, -0.05) is 0 Å². The number of aliphatic carboxylic acids is 1. The van der Waals surface area contributed by atoms with Gasteiger partial charge in [0.1, 0.15) is 6.54 Å². The van der Waals surface area contributed by atoms with Crippen LogP contribution in [-0.2, 0) is 9.59 Å². The molecule has 1 heterocycles. The van der Waals surface area contributed by atoms with Crippen LogP contribution in [0, 0.1) is 0 Å². The molecule has 1 saturated heterocycles. The van der Waals surface area contributed by atoms with Gasteiger partial charge in [-0.15, -0.1) is 0 Å². The quantitative estimate of drug-likeness (QED) is 0.446. The van der Waals surface area contributed by atoms with Crippen LogP contribution in [0.3, 0.4) is 0 Å². The Bertz CT molecular complexity index is 377. The molecule has 9 heteroatoms. The Morgan fingerprint density at radius 1 is 1.00 bits per heavy atom. The number of hydrogen-bond donors (Lipinski definition) is 4. The lowest BCUT2D eigenvalue weighted by atomic mass is 10.4. The van der Waals surface area contributed by atoms with E-state index in [4.69, 9.17) is 10.2 Å². The topological polar surface area (TPSA) is 122 Å². The van der Waals surface area contributed by atoms with Crippen molar-refractivity contribution in [2.45, 2.75) is 6.42 Å². The maximum absolute atomic E-state index is 11.9. The summed E-state index contributed by atoms with van der Waals surface area (Å²) in [5.41, 5.74) is 0. The summed E-state index contributed by atoms with van der Waals surface area (Å²) in [6.45, 7) is 2.59. The van der Waals surface area contributed by atoms with E-state index < -0.39 is 18.4 Å². The fraction of sp³-hybridized carbons (Fsp3) is 0.750. The largest absolute Gasteiger partial charge is 0.480 e. The predicted octanol–water partition coefficient (Wildman–Crippen LogP) is -2.10. The van der Waals surface area contributed by atoms with Gasteiger partial charge in [0.15, 0.2) is 0 Å². The zero-order valence-corrected chi connectivity index (χ0v) is 11.9. The molecule has 4 N–H and O–H groups in total. The van der Waals surface area contributed by atoms with Crippen molar-refractivity contribution in [3.63, 3.8) is 0 Å². The van der Waals surface area contributed by atoms with Crippen LogP contribution in [0.2, 0.25) is 0 Å². The van der Waals surface area contributed by atoms with Crippen LogP contribution >= 0.6 is 0 Å². The number of aliphatic hydroxyl groups excluding tert-OH is 1. The summed E-state index contributed by atoms with van der Waals surface area (Å²) in [4.78, 5) is 37.2. The van der Waals surface area contributed by atoms with E-state index >= 15 is 0 Å². The van der Waals surface area contributed by atoms with E-state index in [-0.39, 0.29) is 19.2 Å². The van der Waals surface area contributed by atoms with Gasteiger partial charge in [0.2, 0.25) is 5.91 Å². The Kier molecular flexibility index (Phi) is 7.48. The third-order valence-corrected chi connectivity index (χ3v) is 3.13. The first-order valence-electron chi connectivity index (χ1n) is 6.87. The standard InChI is InChI=1S/C12H22N4O5/c17-7-6-15-2-1-3-16(5-4-15)12(21)14-8-10(18)13-9-11(19)20/h17H,1-9H2,(H,13,18)(H,14,21)(H,19,20). The van der Waals surface area contributed by atoms with Crippen LogP contribution in [0.25, 0.3) is 0 Å². The zero-order chi connectivity index (χ0) is 15.7. The lowest BCUT2D eigenvalue weighted by Gasteiger charge is -2.21. The second-order valence-electron chi connectivity index (χ2n) is 4.74. The van der Waals surface area contributed by atoms with Crippen molar-refractivity contribution >= 4 is 17.9 Å². The lowest BCUT2D eigenvalue weighted by Crippen LogP contribution is -2.46. The highest BCUT2D eigenvalue weighted by Gasteiger charge is 2.19. The molecule has 0 bridgehead atoms. The van der Waals surface area contributed by atoms with Gasteiger partial charge in [0.25, 0.3) is 0 Å². The molecule has 0 radical (unpaired) electrons. The van der Waals surface area contributed by atoms with Crippen molar-refractivity contribution in [3.8, 4) is 0 Å². The van der Waals surface area contributed by atoms with Gasteiger partial charge in [-0.25, -0.2) is 4.79 Å². The monoisotopic (exact) mass is 302 g/mol. The average molecular weight is 302 g/mol. The molecule has 0 atom stereocenters. The number of carboxylic acid groups (broad SMARTS) is 1. The number of urea groups is 1. The number of carbonyl (C=O) groups excluding carboxylic acids is 2. The number of aliphatic hydroxyl groups is 1. The number of hydrogen-bond acceptors (Lipinski definition) is 5. The second-order valence-corrected chi connectivity index (χ2v) is 4.74. The molecule has 1 fully saturated rings. The van der Waals surface area contributed by atoms with Gasteiger partial charge in [-0.2, -0.15) is 0 Å². The third kappa shape index (κ3) is 6.91. The molecule has 1 rings (SSSR count). The minimum absolute atomic E-state index is 0.0932. The summed E-state index contributed by atoms with van der Waals surface area (Å²) in [5, 5.41) is 21.9. The Labute approximate surface area is 122 Å². The normalized spacial score (nSPS) is 16.1. The number of rotatable bonds is 6. The SMILES string of the molecule is O=C(O)CNC(=O)CNC(=O)N1CCCN(CCO)CC1. The Morgan fingerprint density at radius 3 is 2.43 bits per heavy atom. The van der Waals surface area contributed by atoms with Crippen LogP contribution in [-0.4, -0.2) is 90.3 Å². The molecule has 0 aromatic rings. The molecular weight excluding hydrogens is 280 g/mol. The first-order valence-corrected chi connectivity index (χ1v) is 6.87. The summed E-state index contributed by atoms with van der Waals surface area (Å²) in [6, 6.07) is -0.341. The van der Waals surface area contributed by atoms with Gasteiger partial charge in [0.05, 0.1) is 13.2 Å². The number of carbonyl (C=O) groups is 3. The molecule has 0 aromatic heterocycles. The van der Waals surface area contributed by atoms with Gasteiger partial charge >= 0.3 is 12.0 Å². The Balaban J connectivity index is 2.28. The van der Waals surface area contributed by atoms with Crippen LogP contribution < -0.4 is 10.6 Å². The van der Waals surface area contributed by atoms with Crippen molar-refractivity contribution in [2.75, 3.05) is 52.4 Å². The lowest BCUT2D eigenvalue weighted by molar-refractivity contribution is -0.137. The smallest absolute Gasteiger partial charge is 0.322 e. The summed E-state index contributed by atoms with van der Waals surface area (Å²) >= 11 is 0. The highest BCUT2D eigenvalue weighted by atomic mass is 16.4. The summed E-state index contributed by atoms with van der Waals surface area (Å²) in [7, 11) is 0. The molecular formula is C12H22N4O5. The molecule has 21 heavy (non-hydrogen) atoms. The molecule has 1 aliphatic heterocycles. The van der Waals surface area contributed by atoms with Crippen molar-refractivity contribution in [1.82, 2.24) is 20.4 Å². The molecule has 0 aromatic carbocycles. The molecule has 120 valence electrons. The second kappa shape index (κ2) is 9.14. The van der Waals surface area contributed by atoms with Gasteiger partial charge in [0, 0.05) is 26.2 Å². The molecule has 0 saturated carbocycles. The van der Waals surface area contributed by atoms with E-state index in [1.54, 1.807) is 4.90 Å². The van der Waals surface area contributed by atoms with Crippen LogP contribution in [0.15, 0.2) is 0 Å². The van der Waals surface area contributed by atoms with E-state index in [1.807, 2.05) is 0 Å². The third-order valence-electron chi connectivity index (χ3n) is 3.13. The fourth-order valence-electron chi connectivity index (χ4n) is 2.04. The number of carboxylic acids is 1. The minimum atomic E-state index is -1.13. The van der Waals surface area contributed by atoms with Crippen molar-refractivity contribution < 1.29 is 24.6 Å². The van der Waals surface area contributed by atoms with E-state index in [0.717, 1.165) is 13.0 Å². The zero-order valence-electron chi connectivity index (χ0n) is 11.9. The van der Waals surface area contributed by atoms with Crippen molar-refractivity contribution in [2.24, 2.45) is 0 Å². The molecule has 0 unspecified atom stereocenters. The van der Waals surface area contributed by atoms with E-state index in [9.17, 15) is 14.4 Å². The molecule has 3 amide bonds. The first kappa shape index (κ1) is 17.2. The molecule has 1 aliphatic rings. The van der Waals surface area contributed by atoms with Crippen molar-refractivity contribution in [3.05, 3.63) is 0 Å². The van der Waals surface area contributed by atoms with Crippen LogP contribution in [0.4, 0.5) is 4.79 Å². The maximum atomic E-state index is 11.9. The highest BCUT2D eigenvalue weighted by Crippen LogP contribution is 2.02. The number of β-amino-alcohol motifs (C(OH)–C–C–N with tert-alkyl or cyclic N) is 1.